The standard InChI is InChI=1S/C20H31NO3/c1-2-19(23)24-20(18-11-7-16(14-21)8-12-18)17-9-5-15(6-10-17)4-3-13-22/h5-6,9-10,16,18,20,22H,2-4,7-8,11-14,21H2,1H3. The third-order valence-corrected chi connectivity index (χ3v) is 5.13. The Hall–Kier alpha value is -1.39. The van der Waals surface area contributed by atoms with Gasteiger partial charge in [-0.3, -0.25) is 4.79 Å². The molecule has 2 rings (SSSR count). The Morgan fingerprint density at radius 2 is 1.92 bits per heavy atom. The zero-order chi connectivity index (χ0) is 17.4. The quantitative estimate of drug-likeness (QED) is 0.715. The number of nitrogens with two attached hydrogens (primary N) is 1. The van der Waals surface area contributed by atoms with Gasteiger partial charge in [0.05, 0.1) is 0 Å². The lowest BCUT2D eigenvalue weighted by molar-refractivity contribution is -0.153. The summed E-state index contributed by atoms with van der Waals surface area (Å²) in [5.74, 6) is 0.863. The smallest absolute Gasteiger partial charge is 0.306 e. The molecule has 0 heterocycles. The van der Waals surface area contributed by atoms with E-state index in [1.807, 2.05) is 6.92 Å². The Balaban J connectivity index is 2.09. The molecule has 0 bridgehead atoms. The van der Waals surface area contributed by atoms with Gasteiger partial charge in [-0.05, 0) is 62.1 Å². The van der Waals surface area contributed by atoms with E-state index >= 15 is 0 Å². The fourth-order valence-corrected chi connectivity index (χ4v) is 3.55. The van der Waals surface area contributed by atoms with Crippen molar-refractivity contribution in [3.8, 4) is 0 Å². The molecular formula is C20H31NO3. The SMILES string of the molecule is CCC(=O)OC(c1ccc(CCCO)cc1)C1CCC(CN)CC1. The number of aliphatic hydroxyl groups is 1. The van der Waals surface area contributed by atoms with Crippen LogP contribution in [0.15, 0.2) is 24.3 Å². The summed E-state index contributed by atoms with van der Waals surface area (Å²) < 4.78 is 5.80. The zero-order valence-corrected chi connectivity index (χ0v) is 14.7. The Morgan fingerprint density at radius 3 is 2.46 bits per heavy atom. The third-order valence-electron chi connectivity index (χ3n) is 5.13. The molecule has 1 aliphatic rings. The summed E-state index contributed by atoms with van der Waals surface area (Å²) in [5, 5.41) is 8.94. The first-order chi connectivity index (χ1) is 11.7. The summed E-state index contributed by atoms with van der Waals surface area (Å²) >= 11 is 0. The van der Waals surface area contributed by atoms with Crippen molar-refractivity contribution in [1.82, 2.24) is 0 Å². The Bertz CT molecular complexity index is 492. The maximum atomic E-state index is 11.9. The monoisotopic (exact) mass is 333 g/mol. The predicted molar refractivity (Wildman–Crippen MR) is 95.5 cm³/mol. The molecule has 1 unspecified atom stereocenters. The van der Waals surface area contributed by atoms with Gasteiger partial charge in [-0.15, -0.1) is 0 Å². The number of hydrogen-bond acceptors (Lipinski definition) is 4. The normalized spacial score (nSPS) is 22.1. The molecule has 0 radical (unpaired) electrons. The van der Waals surface area contributed by atoms with Crippen molar-refractivity contribution in [3.63, 3.8) is 0 Å². The van der Waals surface area contributed by atoms with E-state index in [1.165, 1.54) is 5.56 Å². The first-order valence-corrected chi connectivity index (χ1v) is 9.27. The van der Waals surface area contributed by atoms with Crippen LogP contribution in [-0.4, -0.2) is 24.2 Å². The Morgan fingerprint density at radius 1 is 1.25 bits per heavy atom. The Labute approximate surface area is 145 Å². The maximum Gasteiger partial charge on any atom is 0.306 e. The van der Waals surface area contributed by atoms with Crippen LogP contribution in [0.4, 0.5) is 0 Å². The van der Waals surface area contributed by atoms with Gasteiger partial charge in [0.1, 0.15) is 6.10 Å². The van der Waals surface area contributed by atoms with Gasteiger partial charge in [0.15, 0.2) is 0 Å². The molecule has 1 aromatic carbocycles. The van der Waals surface area contributed by atoms with Crippen LogP contribution in [0.2, 0.25) is 0 Å². The van der Waals surface area contributed by atoms with Crippen molar-refractivity contribution >= 4 is 5.97 Å². The first-order valence-electron chi connectivity index (χ1n) is 9.27. The lowest BCUT2D eigenvalue weighted by Crippen LogP contribution is -2.27. The van der Waals surface area contributed by atoms with Crippen molar-refractivity contribution in [1.29, 1.82) is 0 Å². The minimum atomic E-state index is -0.150. The number of carbonyl (C=O) groups excluding carboxylic acids is 1. The van der Waals surface area contributed by atoms with Gasteiger partial charge in [0, 0.05) is 18.9 Å². The molecule has 4 nitrogen and oxygen atoms in total. The molecule has 0 aromatic heterocycles. The third kappa shape index (κ3) is 5.32. The Kier molecular flexibility index (Phi) is 7.73. The van der Waals surface area contributed by atoms with E-state index < -0.39 is 0 Å². The molecule has 3 N–H and O–H groups in total. The minimum Gasteiger partial charge on any atom is -0.457 e. The molecule has 0 spiro atoms. The molecule has 1 saturated carbocycles. The minimum absolute atomic E-state index is 0.134. The van der Waals surface area contributed by atoms with Crippen LogP contribution in [0.5, 0.6) is 0 Å². The van der Waals surface area contributed by atoms with E-state index in [4.69, 9.17) is 15.6 Å². The lowest BCUT2D eigenvalue weighted by atomic mass is 9.77. The van der Waals surface area contributed by atoms with E-state index in [-0.39, 0.29) is 18.7 Å². The number of rotatable bonds is 8. The van der Waals surface area contributed by atoms with Crippen LogP contribution in [0.1, 0.15) is 62.7 Å². The zero-order valence-electron chi connectivity index (χ0n) is 14.7. The summed E-state index contributed by atoms with van der Waals surface area (Å²) in [6.45, 7) is 2.80. The van der Waals surface area contributed by atoms with Crippen molar-refractivity contribution in [2.75, 3.05) is 13.2 Å². The molecule has 1 fully saturated rings. The number of aryl methyl sites for hydroxylation is 1. The van der Waals surface area contributed by atoms with E-state index in [1.54, 1.807) is 0 Å². The lowest BCUT2D eigenvalue weighted by Gasteiger charge is -2.33. The summed E-state index contributed by atoms with van der Waals surface area (Å²) in [6.07, 6.45) is 6.28. The number of aliphatic hydroxyl groups excluding tert-OH is 1. The van der Waals surface area contributed by atoms with Gasteiger partial charge in [-0.25, -0.2) is 0 Å². The molecule has 1 aromatic rings. The van der Waals surface area contributed by atoms with Gasteiger partial charge in [0.2, 0.25) is 0 Å². The number of carbonyl (C=O) groups is 1. The summed E-state index contributed by atoms with van der Waals surface area (Å²) in [7, 11) is 0. The molecule has 0 saturated heterocycles. The fraction of sp³-hybridized carbons (Fsp3) is 0.650. The molecule has 1 atom stereocenters. The first kappa shape index (κ1) is 18.9. The largest absolute Gasteiger partial charge is 0.457 e. The van der Waals surface area contributed by atoms with Crippen molar-refractivity contribution in [2.45, 2.75) is 58.0 Å². The van der Waals surface area contributed by atoms with E-state index in [9.17, 15) is 4.79 Å². The van der Waals surface area contributed by atoms with Crippen molar-refractivity contribution < 1.29 is 14.6 Å². The molecule has 134 valence electrons. The average Bonchev–Trinajstić information content (AvgIpc) is 2.65. The van der Waals surface area contributed by atoms with Crippen LogP contribution in [-0.2, 0) is 16.0 Å². The number of hydrogen-bond donors (Lipinski definition) is 2. The molecule has 24 heavy (non-hydrogen) atoms. The summed E-state index contributed by atoms with van der Waals surface area (Å²) in [6, 6.07) is 8.33. The summed E-state index contributed by atoms with van der Waals surface area (Å²) in [4.78, 5) is 11.9. The van der Waals surface area contributed by atoms with E-state index in [0.29, 0.717) is 18.3 Å². The fourth-order valence-electron chi connectivity index (χ4n) is 3.55. The van der Waals surface area contributed by atoms with Crippen LogP contribution in [0.3, 0.4) is 0 Å². The second-order valence-corrected chi connectivity index (χ2v) is 6.85. The number of ether oxygens (including phenoxy) is 1. The number of esters is 1. The van der Waals surface area contributed by atoms with Gasteiger partial charge < -0.3 is 15.6 Å². The molecule has 0 amide bonds. The van der Waals surface area contributed by atoms with Crippen LogP contribution >= 0.6 is 0 Å². The highest BCUT2D eigenvalue weighted by Crippen LogP contribution is 2.39. The topological polar surface area (TPSA) is 72.5 Å². The average molecular weight is 333 g/mol. The second kappa shape index (κ2) is 9.80. The molecule has 0 aliphatic heterocycles. The predicted octanol–water partition coefficient (Wildman–Crippen LogP) is 3.37. The van der Waals surface area contributed by atoms with E-state index in [2.05, 4.69) is 24.3 Å². The summed E-state index contributed by atoms with van der Waals surface area (Å²) in [5.41, 5.74) is 8.08. The highest BCUT2D eigenvalue weighted by molar-refractivity contribution is 5.69. The van der Waals surface area contributed by atoms with E-state index in [0.717, 1.165) is 50.6 Å². The second-order valence-electron chi connectivity index (χ2n) is 6.85. The highest BCUT2D eigenvalue weighted by Gasteiger charge is 2.30. The van der Waals surface area contributed by atoms with Crippen LogP contribution in [0, 0.1) is 11.8 Å². The number of benzene rings is 1. The van der Waals surface area contributed by atoms with Gasteiger partial charge >= 0.3 is 5.97 Å². The molecular weight excluding hydrogens is 302 g/mol. The maximum absolute atomic E-state index is 11.9. The van der Waals surface area contributed by atoms with Gasteiger partial charge in [0.25, 0.3) is 0 Å². The highest BCUT2D eigenvalue weighted by atomic mass is 16.5. The van der Waals surface area contributed by atoms with Crippen LogP contribution < -0.4 is 5.73 Å². The molecule has 4 heteroatoms. The van der Waals surface area contributed by atoms with Gasteiger partial charge in [-0.1, -0.05) is 31.2 Å². The van der Waals surface area contributed by atoms with Gasteiger partial charge in [-0.2, -0.15) is 0 Å². The van der Waals surface area contributed by atoms with Crippen LogP contribution in [0.25, 0.3) is 0 Å². The van der Waals surface area contributed by atoms with Crippen molar-refractivity contribution in [2.24, 2.45) is 17.6 Å². The van der Waals surface area contributed by atoms with Crippen molar-refractivity contribution in [3.05, 3.63) is 35.4 Å². The molecule has 1 aliphatic carbocycles.